The molecule has 1 rings (SSSR count). The topological polar surface area (TPSA) is 175 Å². The number of unbranched alkanes of at least 4 members (excludes halogenated alkanes) is 13. The van der Waals surface area contributed by atoms with Crippen LogP contribution in [0.1, 0.15) is 201 Å². The SMILES string of the molecule is CC/C=C\C/C=C\C/C=C\C/C=C\CCCCC(=O)OCC(COC1OC(C(=O)O)C(O)C(O)C1OC(=O)CCCCCCC/C=C\C/C=C\CCCCC)OC(=O)CCCCC/C=C\C/C=C\C/C=C\CC. The van der Waals surface area contributed by atoms with Gasteiger partial charge in [0.1, 0.15) is 18.8 Å². The first-order valence-corrected chi connectivity index (χ1v) is 27.9. The van der Waals surface area contributed by atoms with Gasteiger partial charge >= 0.3 is 23.9 Å². The Bertz CT molecular complexity index is 1690. The number of carboxylic acids is 1. The van der Waals surface area contributed by atoms with E-state index in [4.69, 9.17) is 23.7 Å². The van der Waals surface area contributed by atoms with Gasteiger partial charge in [-0.2, -0.15) is 0 Å². The van der Waals surface area contributed by atoms with Gasteiger partial charge in [0.2, 0.25) is 0 Å². The van der Waals surface area contributed by atoms with Crippen molar-refractivity contribution in [2.75, 3.05) is 13.2 Å². The summed E-state index contributed by atoms with van der Waals surface area (Å²) in [5.41, 5.74) is 0. The van der Waals surface area contributed by atoms with Crippen molar-refractivity contribution in [3.63, 3.8) is 0 Å². The summed E-state index contributed by atoms with van der Waals surface area (Å²) in [5, 5.41) is 31.4. The van der Waals surface area contributed by atoms with E-state index in [1.165, 1.54) is 19.3 Å². The monoisotopic (exact) mass is 1020 g/mol. The number of hydrogen-bond acceptors (Lipinski definition) is 11. The minimum atomic E-state index is -1.92. The molecule has 1 fully saturated rings. The zero-order valence-electron chi connectivity index (χ0n) is 45.1. The third-order valence-electron chi connectivity index (χ3n) is 11.8. The molecular formula is C61H96O12. The van der Waals surface area contributed by atoms with Gasteiger partial charge in [-0.15, -0.1) is 0 Å². The number of rotatable bonds is 45. The van der Waals surface area contributed by atoms with E-state index in [9.17, 15) is 34.5 Å². The molecule has 6 atom stereocenters. The van der Waals surface area contributed by atoms with Crippen LogP contribution in [-0.4, -0.2) is 89.2 Å². The van der Waals surface area contributed by atoms with Crippen LogP contribution in [0.15, 0.2) is 109 Å². The molecule has 12 nitrogen and oxygen atoms in total. The van der Waals surface area contributed by atoms with Crippen LogP contribution < -0.4 is 0 Å². The Morgan fingerprint density at radius 3 is 1.36 bits per heavy atom. The standard InChI is InChI=1S/C61H96O12/c1-4-7-10-13-16-19-22-25-27-30-32-35-38-41-44-47-53(62)69-50-52(71-54(63)48-45-42-39-36-33-29-24-21-18-15-12-9-6-3)51-70-61-59(57(66)56(65)58(73-61)60(67)68)72-55(64)49-46-43-40-37-34-31-28-26-23-20-17-14-11-8-5-2/h7,9-10,12,16-21,25-29,32-33,35,52,56-59,61,65-66H,4-6,8,11,13-15,22-24,30-31,34,36-51H2,1-3H3,(H,67,68)/b10-7-,12-9-,19-16-,20-17-,21-18-,27-25-,28-26-,33-29-,35-32-. The van der Waals surface area contributed by atoms with Gasteiger partial charge in [0.05, 0.1) is 6.61 Å². The third kappa shape index (κ3) is 38.6. The van der Waals surface area contributed by atoms with Crippen LogP contribution in [0.3, 0.4) is 0 Å². The second kappa shape index (κ2) is 48.3. The lowest BCUT2D eigenvalue weighted by atomic mass is 9.98. The maximum absolute atomic E-state index is 13.1. The van der Waals surface area contributed by atoms with E-state index in [-0.39, 0.29) is 25.9 Å². The largest absolute Gasteiger partial charge is 0.479 e. The fourth-order valence-corrected chi connectivity index (χ4v) is 7.58. The Labute approximate surface area is 440 Å². The van der Waals surface area contributed by atoms with E-state index in [2.05, 4.69) is 130 Å². The highest BCUT2D eigenvalue weighted by molar-refractivity contribution is 5.74. The van der Waals surface area contributed by atoms with Crippen molar-refractivity contribution in [2.24, 2.45) is 0 Å². The number of aliphatic hydroxyl groups excluding tert-OH is 2. The van der Waals surface area contributed by atoms with Gasteiger partial charge in [0.25, 0.3) is 0 Å². The van der Waals surface area contributed by atoms with Crippen LogP contribution in [0.25, 0.3) is 0 Å². The van der Waals surface area contributed by atoms with Gasteiger partial charge in [0.15, 0.2) is 24.6 Å². The molecule has 0 bridgehead atoms. The second-order valence-corrected chi connectivity index (χ2v) is 18.4. The summed E-state index contributed by atoms with van der Waals surface area (Å²) in [7, 11) is 0. The summed E-state index contributed by atoms with van der Waals surface area (Å²) in [6, 6.07) is 0. The van der Waals surface area contributed by atoms with Crippen molar-refractivity contribution >= 4 is 23.9 Å². The minimum Gasteiger partial charge on any atom is -0.479 e. The highest BCUT2D eigenvalue weighted by Crippen LogP contribution is 2.26. The molecule has 0 aromatic rings. The maximum atomic E-state index is 13.1. The molecule has 0 amide bonds. The number of carbonyl (C=O) groups is 4. The van der Waals surface area contributed by atoms with Crippen molar-refractivity contribution < 1.29 is 58.2 Å². The van der Waals surface area contributed by atoms with Crippen LogP contribution in [0.4, 0.5) is 0 Å². The quantitative estimate of drug-likeness (QED) is 0.0228. The summed E-state index contributed by atoms with van der Waals surface area (Å²) in [6.07, 6.45) is 52.1. The number of carboxylic acid groups (broad SMARTS) is 1. The van der Waals surface area contributed by atoms with E-state index in [0.29, 0.717) is 19.3 Å². The lowest BCUT2D eigenvalue weighted by Crippen LogP contribution is -2.61. The zero-order valence-corrected chi connectivity index (χ0v) is 45.1. The van der Waals surface area contributed by atoms with Crippen LogP contribution in [0, 0.1) is 0 Å². The molecule has 0 saturated carbocycles. The number of esters is 3. The van der Waals surface area contributed by atoms with Gasteiger partial charge in [-0.05, 0) is 122 Å². The average molecular weight is 1020 g/mol. The van der Waals surface area contributed by atoms with Gasteiger partial charge in [0, 0.05) is 19.3 Å². The Morgan fingerprint density at radius 1 is 0.466 bits per heavy atom. The Kier molecular flexibility index (Phi) is 44.0. The average Bonchev–Trinajstić information content (AvgIpc) is 3.37. The van der Waals surface area contributed by atoms with Crippen molar-refractivity contribution in [1.82, 2.24) is 0 Å². The van der Waals surface area contributed by atoms with Gasteiger partial charge < -0.3 is 39.0 Å². The Hall–Kier alpha value is -4.62. The molecule has 1 aliphatic heterocycles. The smallest absolute Gasteiger partial charge is 0.335 e. The highest BCUT2D eigenvalue weighted by Gasteiger charge is 2.50. The van der Waals surface area contributed by atoms with Crippen molar-refractivity contribution in [3.05, 3.63) is 109 Å². The first-order chi connectivity index (χ1) is 35.6. The number of hydrogen-bond donors (Lipinski definition) is 3. The molecule has 1 aliphatic rings. The molecule has 412 valence electrons. The highest BCUT2D eigenvalue weighted by atomic mass is 16.7. The Balaban J connectivity index is 2.77. The van der Waals surface area contributed by atoms with Crippen LogP contribution in [0.2, 0.25) is 0 Å². The number of allylic oxidation sites excluding steroid dienone is 18. The molecule has 1 saturated heterocycles. The van der Waals surface area contributed by atoms with Crippen molar-refractivity contribution in [1.29, 1.82) is 0 Å². The number of carbonyl (C=O) groups excluding carboxylic acids is 3. The fraction of sp³-hybridized carbons (Fsp3) is 0.639. The summed E-state index contributed by atoms with van der Waals surface area (Å²) in [5.74, 6) is -3.25. The maximum Gasteiger partial charge on any atom is 0.335 e. The molecule has 3 N–H and O–H groups in total. The molecule has 12 heteroatoms. The molecule has 6 unspecified atom stereocenters. The van der Waals surface area contributed by atoms with E-state index >= 15 is 0 Å². The summed E-state index contributed by atoms with van der Waals surface area (Å²) in [4.78, 5) is 51.0. The molecule has 73 heavy (non-hydrogen) atoms. The van der Waals surface area contributed by atoms with Gasteiger partial charge in [-0.1, -0.05) is 169 Å². The second-order valence-electron chi connectivity index (χ2n) is 18.4. The predicted molar refractivity (Wildman–Crippen MR) is 294 cm³/mol. The zero-order chi connectivity index (χ0) is 53.3. The molecule has 0 aromatic heterocycles. The first kappa shape index (κ1) is 66.4. The van der Waals surface area contributed by atoms with E-state index in [0.717, 1.165) is 122 Å². The van der Waals surface area contributed by atoms with E-state index in [1.54, 1.807) is 0 Å². The van der Waals surface area contributed by atoms with Gasteiger partial charge in [-0.3, -0.25) is 14.4 Å². The lowest BCUT2D eigenvalue weighted by Gasteiger charge is -2.40. The minimum absolute atomic E-state index is 0.0311. The third-order valence-corrected chi connectivity index (χ3v) is 11.8. The molecular weight excluding hydrogens is 925 g/mol. The number of ether oxygens (including phenoxy) is 5. The summed E-state index contributed by atoms with van der Waals surface area (Å²) < 4.78 is 28.3. The first-order valence-electron chi connectivity index (χ1n) is 27.9. The van der Waals surface area contributed by atoms with Crippen LogP contribution in [-0.2, 0) is 42.9 Å². The predicted octanol–water partition coefficient (Wildman–Crippen LogP) is 13.9. The van der Waals surface area contributed by atoms with Crippen molar-refractivity contribution in [2.45, 2.75) is 237 Å². The molecule has 0 aromatic carbocycles. The Morgan fingerprint density at radius 2 is 0.863 bits per heavy atom. The van der Waals surface area contributed by atoms with Crippen LogP contribution >= 0.6 is 0 Å². The van der Waals surface area contributed by atoms with Gasteiger partial charge in [-0.25, -0.2) is 4.79 Å². The van der Waals surface area contributed by atoms with Crippen molar-refractivity contribution in [3.8, 4) is 0 Å². The summed E-state index contributed by atoms with van der Waals surface area (Å²) in [6.45, 7) is 5.64. The lowest BCUT2D eigenvalue weighted by molar-refractivity contribution is -0.301. The summed E-state index contributed by atoms with van der Waals surface area (Å²) >= 11 is 0. The molecule has 0 aliphatic carbocycles. The van der Waals surface area contributed by atoms with E-state index in [1.807, 2.05) is 0 Å². The molecule has 1 heterocycles. The number of aliphatic carboxylic acids is 1. The number of aliphatic hydroxyl groups is 2. The fourth-order valence-electron chi connectivity index (χ4n) is 7.58. The normalized spacial score (nSPS) is 19.2. The molecule has 0 radical (unpaired) electrons. The molecule has 0 spiro atoms. The van der Waals surface area contributed by atoms with E-state index < -0.39 is 67.3 Å². The van der Waals surface area contributed by atoms with Crippen LogP contribution in [0.5, 0.6) is 0 Å².